The minimum atomic E-state index is -1.31. The van der Waals surface area contributed by atoms with Crippen LogP contribution in [0.15, 0.2) is 0 Å². The molecule has 0 aliphatic rings. The maximum Gasteiger partial charge on any atom is -0.0208 e. The summed E-state index contributed by atoms with van der Waals surface area (Å²) in [4.78, 5) is 0. The van der Waals surface area contributed by atoms with Crippen molar-refractivity contribution in [2.24, 2.45) is 34.0 Å². The maximum absolute atomic E-state index is 6.51. The number of rotatable bonds is 9. The molecule has 2 heteroatoms. The van der Waals surface area contributed by atoms with Crippen LogP contribution < -0.4 is 0 Å². The third-order valence-corrected chi connectivity index (χ3v) is 10.0. The lowest BCUT2D eigenvalue weighted by Crippen LogP contribution is -2.22. The molecule has 0 bridgehead atoms. The van der Waals surface area contributed by atoms with E-state index in [4.69, 9.17) is 11.8 Å². The van der Waals surface area contributed by atoms with Gasteiger partial charge in [-0.05, 0) is 77.8 Å². The van der Waals surface area contributed by atoms with Crippen molar-refractivity contribution >= 4 is 17.8 Å². The molecule has 158 valence electrons. The standard InChI is InChI=1S/C24H51PS/c1-19(13-22(4,5)6)16-25(26,17-20(2)14-23(7,8)9)18-21(3)15-24(10,11)12/h19-21H,13-18H2,1-12H3. The molecule has 26 heavy (non-hydrogen) atoms. The van der Waals surface area contributed by atoms with Crippen molar-refractivity contribution < 1.29 is 0 Å². The third-order valence-electron chi connectivity index (χ3n) is 4.82. The fraction of sp³-hybridized carbons (Fsp3) is 1.00. The Balaban J connectivity index is 5.21. The second-order valence-corrected chi connectivity index (χ2v) is 18.8. The highest BCUT2D eigenvalue weighted by molar-refractivity contribution is 8.14. The quantitative estimate of drug-likeness (QED) is 0.347. The van der Waals surface area contributed by atoms with E-state index in [0.29, 0.717) is 16.2 Å². The van der Waals surface area contributed by atoms with Crippen molar-refractivity contribution in [3.8, 4) is 0 Å². The molecule has 0 saturated carbocycles. The van der Waals surface area contributed by atoms with E-state index < -0.39 is 6.04 Å². The second-order valence-electron chi connectivity index (χ2n) is 13.2. The first-order chi connectivity index (χ1) is 11.3. The molecule has 0 nitrogen and oxygen atoms in total. The van der Waals surface area contributed by atoms with Crippen LogP contribution in [0.2, 0.25) is 0 Å². The summed E-state index contributed by atoms with van der Waals surface area (Å²) < 4.78 is 0. The lowest BCUT2D eigenvalue weighted by molar-refractivity contribution is 0.314. The molecule has 0 N–H and O–H groups in total. The molecule has 0 heterocycles. The van der Waals surface area contributed by atoms with Gasteiger partial charge < -0.3 is 0 Å². The molecular formula is C24H51PS. The van der Waals surface area contributed by atoms with Crippen LogP contribution in [0.4, 0.5) is 0 Å². The summed E-state index contributed by atoms with van der Waals surface area (Å²) in [7, 11) is 0. The molecule has 0 aromatic rings. The van der Waals surface area contributed by atoms with E-state index in [1.165, 1.54) is 37.7 Å². The summed E-state index contributed by atoms with van der Waals surface area (Å²) in [6.07, 6.45) is 7.82. The van der Waals surface area contributed by atoms with Crippen molar-refractivity contribution in [1.29, 1.82) is 0 Å². The van der Waals surface area contributed by atoms with E-state index in [0.717, 1.165) is 17.8 Å². The summed E-state index contributed by atoms with van der Waals surface area (Å²) in [5.41, 5.74) is 1.23. The van der Waals surface area contributed by atoms with Gasteiger partial charge in [-0.2, -0.15) is 0 Å². The van der Waals surface area contributed by atoms with E-state index in [1.807, 2.05) is 0 Å². The Hall–Kier alpha value is 0.650. The van der Waals surface area contributed by atoms with Crippen LogP contribution in [0, 0.1) is 34.0 Å². The number of hydrogen-bond acceptors (Lipinski definition) is 1. The van der Waals surface area contributed by atoms with Gasteiger partial charge in [0, 0.05) is 0 Å². The Kier molecular flexibility index (Phi) is 10.2. The van der Waals surface area contributed by atoms with Gasteiger partial charge in [-0.25, -0.2) is 0 Å². The largest absolute Gasteiger partial charge is 0.0975 e. The van der Waals surface area contributed by atoms with Crippen LogP contribution in [0.5, 0.6) is 0 Å². The molecule has 0 aliphatic heterocycles. The molecular weight excluding hydrogens is 351 g/mol. The van der Waals surface area contributed by atoms with Gasteiger partial charge in [0.1, 0.15) is 0 Å². The molecule has 0 aromatic heterocycles. The molecule has 0 radical (unpaired) electrons. The molecule has 0 spiro atoms. The van der Waals surface area contributed by atoms with Gasteiger partial charge >= 0.3 is 0 Å². The van der Waals surface area contributed by atoms with E-state index >= 15 is 0 Å². The average Bonchev–Trinajstić information content (AvgIpc) is 2.16. The third kappa shape index (κ3) is 14.7. The molecule has 3 unspecified atom stereocenters. The van der Waals surface area contributed by atoms with E-state index in [2.05, 4.69) is 83.1 Å². The molecule has 0 aliphatic carbocycles. The molecule has 0 rings (SSSR count). The normalized spacial score (nSPS) is 19.7. The Bertz CT molecular complexity index is 378. The van der Waals surface area contributed by atoms with Crippen LogP contribution in [-0.2, 0) is 11.8 Å². The fourth-order valence-electron chi connectivity index (χ4n) is 5.26. The predicted molar refractivity (Wildman–Crippen MR) is 129 cm³/mol. The van der Waals surface area contributed by atoms with Crippen molar-refractivity contribution in [1.82, 2.24) is 0 Å². The summed E-state index contributed by atoms with van der Waals surface area (Å²) in [5.74, 6) is 2.26. The summed E-state index contributed by atoms with van der Waals surface area (Å²) >= 11 is 6.51. The van der Waals surface area contributed by atoms with Crippen LogP contribution in [-0.4, -0.2) is 18.5 Å². The first kappa shape index (κ1) is 26.6. The molecule has 0 saturated heterocycles. The second kappa shape index (κ2) is 9.91. The van der Waals surface area contributed by atoms with Crippen molar-refractivity contribution in [2.75, 3.05) is 18.5 Å². The highest BCUT2D eigenvalue weighted by atomic mass is 32.4. The van der Waals surface area contributed by atoms with Crippen molar-refractivity contribution in [2.45, 2.75) is 102 Å². The van der Waals surface area contributed by atoms with Gasteiger partial charge in [0.25, 0.3) is 0 Å². The zero-order valence-electron chi connectivity index (χ0n) is 20.3. The Morgan fingerprint density at radius 2 is 0.731 bits per heavy atom. The highest BCUT2D eigenvalue weighted by Crippen LogP contribution is 2.53. The van der Waals surface area contributed by atoms with E-state index in [1.54, 1.807) is 0 Å². The van der Waals surface area contributed by atoms with Crippen LogP contribution in [0.25, 0.3) is 0 Å². The van der Waals surface area contributed by atoms with Gasteiger partial charge in [0.2, 0.25) is 0 Å². The Morgan fingerprint density at radius 1 is 0.538 bits per heavy atom. The minimum Gasteiger partial charge on any atom is -0.0975 e. The average molecular weight is 403 g/mol. The monoisotopic (exact) mass is 402 g/mol. The lowest BCUT2D eigenvalue weighted by Gasteiger charge is -2.35. The smallest absolute Gasteiger partial charge is 0.0208 e. The lowest BCUT2D eigenvalue weighted by atomic mass is 9.86. The zero-order chi connectivity index (χ0) is 21.0. The number of hydrogen-bond donors (Lipinski definition) is 0. The minimum absolute atomic E-state index is 0.410. The van der Waals surface area contributed by atoms with Gasteiger partial charge in [-0.1, -0.05) is 94.9 Å². The Labute approximate surface area is 172 Å². The SMILES string of the molecule is CC(CC(C)(C)C)CP(=S)(CC(C)CC(C)(C)C)CC(C)CC(C)(C)C. The first-order valence-electron chi connectivity index (χ1n) is 10.9. The van der Waals surface area contributed by atoms with Crippen molar-refractivity contribution in [3.05, 3.63) is 0 Å². The van der Waals surface area contributed by atoms with E-state index in [9.17, 15) is 0 Å². The van der Waals surface area contributed by atoms with Crippen LogP contribution >= 0.6 is 6.04 Å². The molecule has 0 amide bonds. The highest BCUT2D eigenvalue weighted by Gasteiger charge is 2.29. The van der Waals surface area contributed by atoms with Crippen LogP contribution in [0.3, 0.4) is 0 Å². The topological polar surface area (TPSA) is 0 Å². The van der Waals surface area contributed by atoms with E-state index in [-0.39, 0.29) is 0 Å². The zero-order valence-corrected chi connectivity index (χ0v) is 22.0. The van der Waals surface area contributed by atoms with Gasteiger partial charge in [0.15, 0.2) is 0 Å². The maximum atomic E-state index is 6.51. The van der Waals surface area contributed by atoms with Gasteiger partial charge in [0.05, 0.1) is 0 Å². The van der Waals surface area contributed by atoms with Crippen molar-refractivity contribution in [3.63, 3.8) is 0 Å². The fourth-order valence-corrected chi connectivity index (χ4v) is 11.8. The molecule has 3 atom stereocenters. The molecule has 0 aromatic carbocycles. The van der Waals surface area contributed by atoms with Gasteiger partial charge in [-0.3, -0.25) is 0 Å². The van der Waals surface area contributed by atoms with Gasteiger partial charge in [-0.15, -0.1) is 0 Å². The summed E-state index contributed by atoms with van der Waals surface area (Å²) in [6, 6.07) is -1.31. The summed E-state index contributed by atoms with van der Waals surface area (Å²) in [6.45, 7) is 28.7. The summed E-state index contributed by atoms with van der Waals surface area (Å²) in [5, 5.41) is 0. The first-order valence-corrected chi connectivity index (χ1v) is 14.2. The molecule has 0 fully saturated rings. The predicted octanol–water partition coefficient (Wildman–Crippen LogP) is 8.68. The Morgan fingerprint density at radius 3 is 0.885 bits per heavy atom. The van der Waals surface area contributed by atoms with Crippen LogP contribution in [0.1, 0.15) is 102 Å².